The minimum absolute atomic E-state index is 0.0194. The van der Waals surface area contributed by atoms with Crippen LogP contribution in [0.1, 0.15) is 30.0 Å². The molecular weight excluding hydrogens is 220 g/mol. The Balaban J connectivity index is 2.48. The lowest BCUT2D eigenvalue weighted by Gasteiger charge is -2.12. The van der Waals surface area contributed by atoms with Crippen LogP contribution in [0.25, 0.3) is 0 Å². The SMILES string of the molecule is Cc1noc(C)c1C(C)NCC(=O)NCC#N. The van der Waals surface area contributed by atoms with E-state index in [0.29, 0.717) is 0 Å². The second-order valence-corrected chi connectivity index (χ2v) is 3.78. The predicted molar refractivity (Wildman–Crippen MR) is 61.0 cm³/mol. The summed E-state index contributed by atoms with van der Waals surface area (Å²) in [7, 11) is 0. The molecule has 1 aromatic heterocycles. The third kappa shape index (κ3) is 3.57. The highest BCUT2D eigenvalue weighted by atomic mass is 16.5. The summed E-state index contributed by atoms with van der Waals surface area (Å²) in [6, 6.07) is 1.83. The van der Waals surface area contributed by atoms with Crippen LogP contribution in [-0.4, -0.2) is 24.2 Å². The van der Waals surface area contributed by atoms with Gasteiger partial charge in [0.25, 0.3) is 0 Å². The highest BCUT2D eigenvalue weighted by Gasteiger charge is 2.16. The van der Waals surface area contributed by atoms with Crippen molar-refractivity contribution in [3.05, 3.63) is 17.0 Å². The van der Waals surface area contributed by atoms with Gasteiger partial charge in [-0.05, 0) is 20.8 Å². The molecule has 1 aromatic rings. The molecule has 0 aliphatic carbocycles. The molecule has 2 N–H and O–H groups in total. The normalized spacial score (nSPS) is 11.9. The second kappa shape index (κ2) is 6.01. The largest absolute Gasteiger partial charge is 0.361 e. The molecular formula is C11H16N4O2. The summed E-state index contributed by atoms with van der Waals surface area (Å²) in [6.45, 7) is 5.82. The van der Waals surface area contributed by atoms with Crippen molar-refractivity contribution in [3.63, 3.8) is 0 Å². The molecule has 0 aliphatic heterocycles. The van der Waals surface area contributed by atoms with Gasteiger partial charge in [0.2, 0.25) is 5.91 Å². The Hall–Kier alpha value is -1.87. The lowest BCUT2D eigenvalue weighted by Crippen LogP contribution is -2.35. The Kier molecular flexibility index (Phi) is 4.67. The molecule has 1 rings (SSSR count). The quantitative estimate of drug-likeness (QED) is 0.730. The summed E-state index contributed by atoms with van der Waals surface area (Å²) < 4.78 is 5.05. The van der Waals surface area contributed by atoms with Gasteiger partial charge >= 0.3 is 0 Å². The van der Waals surface area contributed by atoms with Gasteiger partial charge in [0.05, 0.1) is 18.3 Å². The number of hydrogen-bond acceptors (Lipinski definition) is 5. The zero-order valence-electron chi connectivity index (χ0n) is 10.2. The molecule has 0 aliphatic rings. The molecule has 0 bridgehead atoms. The molecule has 0 radical (unpaired) electrons. The molecule has 1 heterocycles. The van der Waals surface area contributed by atoms with E-state index in [2.05, 4.69) is 15.8 Å². The van der Waals surface area contributed by atoms with Gasteiger partial charge in [-0.25, -0.2) is 0 Å². The van der Waals surface area contributed by atoms with Gasteiger partial charge in [0, 0.05) is 11.6 Å². The van der Waals surface area contributed by atoms with Crippen LogP contribution in [-0.2, 0) is 4.79 Å². The maximum atomic E-state index is 11.3. The van der Waals surface area contributed by atoms with E-state index in [0.717, 1.165) is 17.0 Å². The van der Waals surface area contributed by atoms with Gasteiger partial charge in [-0.3, -0.25) is 4.79 Å². The molecule has 6 nitrogen and oxygen atoms in total. The number of rotatable bonds is 5. The van der Waals surface area contributed by atoms with E-state index >= 15 is 0 Å². The number of nitriles is 1. The van der Waals surface area contributed by atoms with Crippen LogP contribution >= 0.6 is 0 Å². The fourth-order valence-corrected chi connectivity index (χ4v) is 1.66. The Morgan fingerprint density at radius 1 is 1.59 bits per heavy atom. The molecule has 0 aromatic carbocycles. The molecule has 92 valence electrons. The average Bonchev–Trinajstić information content (AvgIpc) is 2.63. The third-order valence-corrected chi connectivity index (χ3v) is 2.46. The fraction of sp³-hybridized carbons (Fsp3) is 0.545. The van der Waals surface area contributed by atoms with Crippen molar-refractivity contribution in [2.45, 2.75) is 26.8 Å². The van der Waals surface area contributed by atoms with Crippen molar-refractivity contribution < 1.29 is 9.32 Å². The number of amides is 1. The molecule has 0 saturated heterocycles. The summed E-state index contributed by atoms with van der Waals surface area (Å²) in [6.07, 6.45) is 0. The van der Waals surface area contributed by atoms with Crippen molar-refractivity contribution >= 4 is 5.91 Å². The van der Waals surface area contributed by atoms with Crippen LogP contribution in [0.4, 0.5) is 0 Å². The first-order chi connectivity index (χ1) is 8.06. The second-order valence-electron chi connectivity index (χ2n) is 3.78. The number of nitrogens with one attached hydrogen (secondary N) is 2. The van der Waals surface area contributed by atoms with Crippen molar-refractivity contribution in [1.82, 2.24) is 15.8 Å². The van der Waals surface area contributed by atoms with E-state index in [4.69, 9.17) is 9.78 Å². The predicted octanol–water partition coefficient (Wildman–Crippen LogP) is 0.582. The third-order valence-electron chi connectivity index (χ3n) is 2.46. The number of carbonyl (C=O) groups is 1. The molecule has 17 heavy (non-hydrogen) atoms. The summed E-state index contributed by atoms with van der Waals surface area (Å²) in [5.41, 5.74) is 1.79. The van der Waals surface area contributed by atoms with Crippen molar-refractivity contribution in [3.8, 4) is 6.07 Å². The number of carbonyl (C=O) groups excluding carboxylic acids is 1. The maximum Gasteiger partial charge on any atom is 0.234 e. The van der Waals surface area contributed by atoms with E-state index in [-0.39, 0.29) is 25.0 Å². The van der Waals surface area contributed by atoms with Gasteiger partial charge in [0.1, 0.15) is 12.3 Å². The van der Waals surface area contributed by atoms with Crippen LogP contribution in [0, 0.1) is 25.2 Å². The molecule has 0 spiro atoms. The maximum absolute atomic E-state index is 11.3. The first-order valence-electron chi connectivity index (χ1n) is 5.36. The zero-order chi connectivity index (χ0) is 12.8. The highest BCUT2D eigenvalue weighted by Crippen LogP contribution is 2.20. The Morgan fingerprint density at radius 2 is 2.29 bits per heavy atom. The van der Waals surface area contributed by atoms with E-state index in [1.807, 2.05) is 26.8 Å². The average molecular weight is 236 g/mol. The van der Waals surface area contributed by atoms with Gasteiger partial charge in [-0.2, -0.15) is 5.26 Å². The van der Waals surface area contributed by atoms with Crippen LogP contribution in [0.5, 0.6) is 0 Å². The number of hydrogen-bond donors (Lipinski definition) is 2. The number of aryl methyl sites for hydroxylation is 2. The lowest BCUT2D eigenvalue weighted by molar-refractivity contribution is -0.120. The van der Waals surface area contributed by atoms with Crippen LogP contribution in [0.3, 0.4) is 0 Å². The van der Waals surface area contributed by atoms with E-state index in [1.165, 1.54) is 0 Å². The molecule has 0 fully saturated rings. The monoisotopic (exact) mass is 236 g/mol. The number of aromatic nitrogens is 1. The van der Waals surface area contributed by atoms with Crippen LogP contribution in [0.2, 0.25) is 0 Å². The van der Waals surface area contributed by atoms with Crippen LogP contribution in [0.15, 0.2) is 4.52 Å². The molecule has 0 saturated carbocycles. The van der Waals surface area contributed by atoms with E-state index < -0.39 is 0 Å². The highest BCUT2D eigenvalue weighted by molar-refractivity contribution is 5.78. The fourth-order valence-electron chi connectivity index (χ4n) is 1.66. The summed E-state index contributed by atoms with van der Waals surface area (Å²) in [4.78, 5) is 11.3. The smallest absolute Gasteiger partial charge is 0.234 e. The molecule has 1 atom stereocenters. The van der Waals surface area contributed by atoms with Crippen molar-refractivity contribution in [2.75, 3.05) is 13.1 Å². The number of nitrogens with zero attached hydrogens (tertiary/aromatic N) is 2. The summed E-state index contributed by atoms with van der Waals surface area (Å²) >= 11 is 0. The standard InChI is InChI=1S/C11H16N4O2/c1-7(11-8(2)15-17-9(11)3)14-6-10(16)13-5-4-12/h7,14H,5-6H2,1-3H3,(H,13,16). The van der Waals surface area contributed by atoms with Crippen LogP contribution < -0.4 is 10.6 Å². The first-order valence-corrected chi connectivity index (χ1v) is 5.36. The minimum atomic E-state index is -0.204. The van der Waals surface area contributed by atoms with Gasteiger partial charge in [-0.15, -0.1) is 0 Å². The van der Waals surface area contributed by atoms with Gasteiger partial charge in [0.15, 0.2) is 0 Å². The van der Waals surface area contributed by atoms with Crippen molar-refractivity contribution in [2.24, 2.45) is 0 Å². The Bertz CT molecular complexity index is 414. The molecule has 6 heteroatoms. The lowest BCUT2D eigenvalue weighted by atomic mass is 10.1. The zero-order valence-corrected chi connectivity index (χ0v) is 10.2. The molecule has 1 unspecified atom stereocenters. The van der Waals surface area contributed by atoms with E-state index in [9.17, 15) is 4.79 Å². The topological polar surface area (TPSA) is 90.9 Å². The summed E-state index contributed by atoms with van der Waals surface area (Å²) in [5.74, 6) is 0.546. The van der Waals surface area contributed by atoms with Gasteiger partial charge in [-0.1, -0.05) is 5.16 Å². The molecule has 1 amide bonds. The van der Waals surface area contributed by atoms with Gasteiger partial charge < -0.3 is 15.2 Å². The Labute approximate surface area is 100.0 Å². The Morgan fingerprint density at radius 3 is 2.82 bits per heavy atom. The first kappa shape index (κ1) is 13.2. The minimum Gasteiger partial charge on any atom is -0.361 e. The van der Waals surface area contributed by atoms with Crippen molar-refractivity contribution in [1.29, 1.82) is 5.26 Å². The summed E-state index contributed by atoms with van der Waals surface area (Å²) in [5, 5.41) is 17.7. The van der Waals surface area contributed by atoms with E-state index in [1.54, 1.807) is 0 Å².